The molecule has 2 aromatic carbocycles. The molecule has 3 aromatic rings. The molecule has 27 heavy (non-hydrogen) atoms. The van der Waals surface area contributed by atoms with E-state index in [1.165, 1.54) is 6.07 Å². The Hall–Kier alpha value is -3.48. The minimum absolute atomic E-state index is 0.151. The Morgan fingerprint density at radius 3 is 2.41 bits per heavy atom. The lowest BCUT2D eigenvalue weighted by atomic mass is 10.1. The van der Waals surface area contributed by atoms with E-state index >= 15 is 0 Å². The summed E-state index contributed by atoms with van der Waals surface area (Å²) in [6.45, 7) is 2.98. The van der Waals surface area contributed by atoms with Gasteiger partial charge in [0.1, 0.15) is 0 Å². The van der Waals surface area contributed by atoms with Gasteiger partial charge >= 0.3 is 0 Å². The van der Waals surface area contributed by atoms with Gasteiger partial charge in [-0.25, -0.2) is 0 Å². The van der Waals surface area contributed by atoms with E-state index in [1.807, 2.05) is 29.0 Å². The highest BCUT2D eigenvalue weighted by Gasteiger charge is 2.11. The minimum atomic E-state index is -0.362. The SMILES string of the molecule is CCCn1ccc2ccc([N+](=O)[O-])cc21.O=[N+]([O-])c1ccc2c(c1)CC=C2. The summed E-state index contributed by atoms with van der Waals surface area (Å²) in [6.07, 6.45) is 7.80. The molecule has 0 spiro atoms. The van der Waals surface area contributed by atoms with Crippen molar-refractivity contribution in [1.82, 2.24) is 4.57 Å². The van der Waals surface area contributed by atoms with E-state index in [9.17, 15) is 20.2 Å². The lowest BCUT2D eigenvalue weighted by Crippen LogP contribution is -1.94. The Balaban J connectivity index is 0.000000159. The number of hydrogen-bond acceptors (Lipinski definition) is 4. The predicted octanol–water partition coefficient (Wildman–Crippen LogP) is 5.12. The third-order valence-corrected chi connectivity index (χ3v) is 4.41. The summed E-state index contributed by atoms with van der Waals surface area (Å²) in [7, 11) is 0. The van der Waals surface area contributed by atoms with Crippen molar-refractivity contribution in [1.29, 1.82) is 0 Å². The van der Waals surface area contributed by atoms with Crippen molar-refractivity contribution < 1.29 is 9.85 Å². The molecule has 4 rings (SSSR count). The zero-order valence-electron chi connectivity index (χ0n) is 14.9. The summed E-state index contributed by atoms with van der Waals surface area (Å²) in [5, 5.41) is 22.1. The van der Waals surface area contributed by atoms with Crippen LogP contribution in [0, 0.1) is 20.2 Å². The maximum Gasteiger partial charge on any atom is 0.271 e. The van der Waals surface area contributed by atoms with Crippen LogP contribution in [-0.4, -0.2) is 14.4 Å². The van der Waals surface area contributed by atoms with Crippen LogP contribution >= 0.6 is 0 Å². The first-order valence-electron chi connectivity index (χ1n) is 8.66. The Labute approximate surface area is 155 Å². The molecule has 1 aromatic heterocycles. The van der Waals surface area contributed by atoms with Gasteiger partial charge in [0, 0.05) is 42.4 Å². The van der Waals surface area contributed by atoms with Crippen LogP contribution in [0.25, 0.3) is 17.0 Å². The number of hydrogen-bond donors (Lipinski definition) is 0. The number of nitrogens with zero attached hydrogens (tertiary/aromatic N) is 3. The fourth-order valence-corrected chi connectivity index (χ4v) is 3.08. The fraction of sp³-hybridized carbons (Fsp3) is 0.200. The van der Waals surface area contributed by atoms with E-state index in [4.69, 9.17) is 0 Å². The summed E-state index contributed by atoms with van der Waals surface area (Å²) in [5.74, 6) is 0. The fourth-order valence-electron chi connectivity index (χ4n) is 3.08. The summed E-state index contributed by atoms with van der Waals surface area (Å²) in [5.41, 5.74) is 3.41. The zero-order chi connectivity index (χ0) is 19.4. The Morgan fingerprint density at radius 2 is 1.70 bits per heavy atom. The number of non-ortho nitro benzene ring substituents is 2. The van der Waals surface area contributed by atoms with Gasteiger partial charge in [-0.05, 0) is 42.2 Å². The van der Waals surface area contributed by atoms with Crippen molar-refractivity contribution >= 4 is 28.4 Å². The average molecular weight is 365 g/mol. The second-order valence-corrected chi connectivity index (χ2v) is 6.26. The van der Waals surface area contributed by atoms with Gasteiger partial charge in [-0.3, -0.25) is 20.2 Å². The maximum absolute atomic E-state index is 10.6. The van der Waals surface area contributed by atoms with Crippen LogP contribution in [0.1, 0.15) is 24.5 Å². The molecule has 1 heterocycles. The molecule has 0 radical (unpaired) electrons. The van der Waals surface area contributed by atoms with Crippen molar-refractivity contribution in [3.63, 3.8) is 0 Å². The highest BCUT2D eigenvalue weighted by atomic mass is 16.6. The molecule has 7 nitrogen and oxygen atoms in total. The summed E-state index contributed by atoms with van der Waals surface area (Å²) >= 11 is 0. The molecule has 0 saturated carbocycles. The molecule has 0 saturated heterocycles. The second kappa shape index (κ2) is 7.82. The topological polar surface area (TPSA) is 91.2 Å². The zero-order valence-corrected chi connectivity index (χ0v) is 14.9. The van der Waals surface area contributed by atoms with Gasteiger partial charge in [-0.15, -0.1) is 0 Å². The molecular formula is C20H19N3O4. The molecular weight excluding hydrogens is 346 g/mol. The van der Waals surface area contributed by atoms with Crippen LogP contribution in [0.5, 0.6) is 0 Å². The minimum Gasteiger partial charge on any atom is -0.347 e. The van der Waals surface area contributed by atoms with Gasteiger partial charge in [0.25, 0.3) is 11.4 Å². The lowest BCUT2D eigenvalue weighted by Gasteiger charge is -2.01. The number of nitro groups is 2. The summed E-state index contributed by atoms with van der Waals surface area (Å²) < 4.78 is 2.04. The van der Waals surface area contributed by atoms with Gasteiger partial charge in [0.2, 0.25) is 0 Å². The van der Waals surface area contributed by atoms with E-state index in [0.717, 1.165) is 41.4 Å². The van der Waals surface area contributed by atoms with Gasteiger partial charge in [0.05, 0.1) is 15.4 Å². The second-order valence-electron chi connectivity index (χ2n) is 6.26. The molecule has 138 valence electrons. The van der Waals surface area contributed by atoms with Gasteiger partial charge in [-0.2, -0.15) is 0 Å². The molecule has 0 amide bonds. The Kier molecular flexibility index (Phi) is 5.30. The standard InChI is InChI=1S/C11H12N2O2.C9H7NO2/c1-2-6-12-7-5-9-3-4-10(13(14)15)8-11(9)12;11-10(12)9-5-4-7-2-1-3-8(7)6-9/h3-5,7-8H,2,6H2,1H3;1-2,4-6H,3H2. The predicted molar refractivity (Wildman–Crippen MR) is 105 cm³/mol. The highest BCUT2D eigenvalue weighted by Crippen LogP contribution is 2.24. The molecule has 7 heteroatoms. The Morgan fingerprint density at radius 1 is 1.00 bits per heavy atom. The van der Waals surface area contributed by atoms with Crippen molar-refractivity contribution in [2.75, 3.05) is 0 Å². The van der Waals surface area contributed by atoms with Crippen LogP contribution in [-0.2, 0) is 13.0 Å². The van der Waals surface area contributed by atoms with Crippen LogP contribution < -0.4 is 0 Å². The third kappa shape index (κ3) is 4.03. The third-order valence-electron chi connectivity index (χ3n) is 4.41. The molecule has 1 aliphatic rings. The summed E-state index contributed by atoms with van der Waals surface area (Å²) in [4.78, 5) is 20.3. The molecule has 0 fully saturated rings. The maximum atomic E-state index is 10.6. The van der Waals surface area contributed by atoms with Crippen LogP contribution in [0.2, 0.25) is 0 Å². The Bertz CT molecular complexity index is 1040. The van der Waals surface area contributed by atoms with Crippen molar-refractivity contribution in [3.8, 4) is 0 Å². The van der Waals surface area contributed by atoms with Crippen molar-refractivity contribution in [3.05, 3.63) is 86.1 Å². The number of nitro benzene ring substituents is 2. The number of fused-ring (bicyclic) bond motifs is 2. The normalized spacial score (nSPS) is 11.7. The molecule has 0 atom stereocenters. The van der Waals surface area contributed by atoms with Crippen LogP contribution in [0.4, 0.5) is 11.4 Å². The smallest absolute Gasteiger partial charge is 0.271 e. The molecule has 0 bridgehead atoms. The van der Waals surface area contributed by atoms with Crippen LogP contribution in [0.15, 0.2) is 54.7 Å². The molecule has 0 unspecified atom stereocenters. The van der Waals surface area contributed by atoms with Gasteiger partial charge in [-0.1, -0.05) is 19.1 Å². The first kappa shape index (κ1) is 18.3. The number of allylic oxidation sites excluding steroid dienone is 1. The molecule has 0 aliphatic heterocycles. The van der Waals surface area contributed by atoms with E-state index in [-0.39, 0.29) is 21.2 Å². The van der Waals surface area contributed by atoms with Crippen molar-refractivity contribution in [2.24, 2.45) is 0 Å². The van der Waals surface area contributed by atoms with E-state index in [1.54, 1.807) is 30.3 Å². The number of aryl methyl sites for hydroxylation is 1. The summed E-state index contributed by atoms with van der Waals surface area (Å²) in [6, 6.07) is 11.9. The van der Waals surface area contributed by atoms with E-state index in [2.05, 4.69) is 6.92 Å². The van der Waals surface area contributed by atoms with Gasteiger partial charge in [0.15, 0.2) is 0 Å². The molecule has 0 N–H and O–H groups in total. The van der Waals surface area contributed by atoms with E-state index in [0.29, 0.717) is 0 Å². The quantitative estimate of drug-likeness (QED) is 0.474. The first-order valence-corrected chi connectivity index (χ1v) is 8.66. The molecule has 1 aliphatic carbocycles. The largest absolute Gasteiger partial charge is 0.347 e. The average Bonchev–Trinajstić information content (AvgIpc) is 3.28. The van der Waals surface area contributed by atoms with Crippen molar-refractivity contribution in [2.45, 2.75) is 26.3 Å². The van der Waals surface area contributed by atoms with Gasteiger partial charge < -0.3 is 4.57 Å². The number of rotatable bonds is 4. The highest BCUT2D eigenvalue weighted by molar-refractivity contribution is 5.82. The number of aromatic nitrogens is 1. The number of benzene rings is 2. The first-order chi connectivity index (χ1) is 13.0. The van der Waals surface area contributed by atoms with E-state index < -0.39 is 0 Å². The lowest BCUT2D eigenvalue weighted by molar-refractivity contribution is -0.385. The monoisotopic (exact) mass is 365 g/mol. The van der Waals surface area contributed by atoms with Crippen LogP contribution in [0.3, 0.4) is 0 Å².